The van der Waals surface area contributed by atoms with Crippen molar-refractivity contribution in [1.29, 1.82) is 0 Å². The molecule has 5 nitrogen and oxygen atoms in total. The Bertz CT molecular complexity index is 935. The van der Waals surface area contributed by atoms with Gasteiger partial charge in [-0.3, -0.25) is 4.79 Å². The molecule has 23 heavy (non-hydrogen) atoms. The van der Waals surface area contributed by atoms with Crippen molar-refractivity contribution < 1.29 is 15.0 Å². The number of aliphatic carboxylic acids is 1. The van der Waals surface area contributed by atoms with Gasteiger partial charge in [-0.05, 0) is 36.8 Å². The second kappa shape index (κ2) is 5.76. The molecule has 1 aromatic carbocycles. The number of fused-ring (bicyclic) bond motifs is 1. The highest BCUT2D eigenvalue weighted by Crippen LogP contribution is 2.40. The Morgan fingerprint density at radius 2 is 2.04 bits per heavy atom. The highest BCUT2D eigenvalue weighted by atomic mass is 35.5. The van der Waals surface area contributed by atoms with Crippen molar-refractivity contribution in [3.8, 4) is 16.9 Å². The number of phenolic OH excluding ortho intramolecular Hbond substituents is 1. The molecule has 118 valence electrons. The molecule has 0 radical (unpaired) electrons. The summed E-state index contributed by atoms with van der Waals surface area (Å²) in [4.78, 5) is 15.2. The van der Waals surface area contributed by atoms with Crippen LogP contribution in [0.1, 0.15) is 11.4 Å². The summed E-state index contributed by atoms with van der Waals surface area (Å²) in [5, 5.41) is 19.6. The van der Waals surface area contributed by atoms with E-state index in [1.807, 2.05) is 6.92 Å². The number of carbonyl (C=O) groups is 1. The molecule has 2 heterocycles. The quantitative estimate of drug-likeness (QED) is 0.749. The van der Waals surface area contributed by atoms with Gasteiger partial charge in [0.15, 0.2) is 0 Å². The van der Waals surface area contributed by atoms with E-state index < -0.39 is 5.97 Å². The first-order valence-electron chi connectivity index (χ1n) is 6.75. The van der Waals surface area contributed by atoms with E-state index in [-0.39, 0.29) is 17.2 Å². The lowest BCUT2D eigenvalue weighted by atomic mass is 10.1. The van der Waals surface area contributed by atoms with Gasteiger partial charge in [0.05, 0.1) is 22.2 Å². The van der Waals surface area contributed by atoms with E-state index in [0.29, 0.717) is 27.5 Å². The fourth-order valence-electron chi connectivity index (χ4n) is 2.50. The van der Waals surface area contributed by atoms with Gasteiger partial charge in [-0.25, -0.2) is 4.98 Å². The maximum absolute atomic E-state index is 10.9. The lowest BCUT2D eigenvalue weighted by Crippen LogP contribution is -2.02. The summed E-state index contributed by atoms with van der Waals surface area (Å²) < 4.78 is 1.79. The van der Waals surface area contributed by atoms with Gasteiger partial charge in [0, 0.05) is 17.5 Å². The molecule has 0 aliphatic carbocycles. The lowest BCUT2D eigenvalue weighted by Gasteiger charge is -2.09. The molecule has 3 rings (SSSR count). The average Bonchev–Trinajstić information content (AvgIpc) is 2.79. The smallest absolute Gasteiger partial charge is 0.309 e. The minimum absolute atomic E-state index is 0.0118. The number of pyridine rings is 1. The van der Waals surface area contributed by atoms with Crippen molar-refractivity contribution in [3.05, 3.63) is 51.9 Å². The van der Waals surface area contributed by atoms with Crippen molar-refractivity contribution in [2.75, 3.05) is 0 Å². The molecular formula is C16H12Cl2N2O3. The fourth-order valence-corrected chi connectivity index (χ4v) is 2.92. The SMILES string of the molecule is Cc1c(CC(=O)O)nc2cc(-c3c(O)ccc(Cl)c3Cl)ccn12. The molecule has 7 heteroatoms. The molecule has 0 atom stereocenters. The number of aryl methyl sites for hydroxylation is 1. The van der Waals surface area contributed by atoms with E-state index in [1.165, 1.54) is 12.1 Å². The molecular weight excluding hydrogens is 339 g/mol. The minimum atomic E-state index is -0.938. The van der Waals surface area contributed by atoms with Crippen molar-refractivity contribution in [2.45, 2.75) is 13.3 Å². The van der Waals surface area contributed by atoms with Crippen molar-refractivity contribution in [2.24, 2.45) is 0 Å². The average molecular weight is 351 g/mol. The maximum atomic E-state index is 10.9. The van der Waals surface area contributed by atoms with E-state index in [9.17, 15) is 9.90 Å². The summed E-state index contributed by atoms with van der Waals surface area (Å²) in [6, 6.07) is 6.49. The summed E-state index contributed by atoms with van der Waals surface area (Å²) in [5.41, 5.74) is 2.90. The first-order valence-corrected chi connectivity index (χ1v) is 7.51. The number of phenols is 1. The Morgan fingerprint density at radius 1 is 1.30 bits per heavy atom. The second-order valence-corrected chi connectivity index (χ2v) is 5.90. The Hall–Kier alpha value is -2.24. The number of carboxylic acid groups (broad SMARTS) is 1. The molecule has 0 aliphatic heterocycles. The van der Waals surface area contributed by atoms with Gasteiger partial charge in [-0.1, -0.05) is 23.2 Å². The first-order chi connectivity index (χ1) is 10.9. The predicted molar refractivity (Wildman–Crippen MR) is 88.4 cm³/mol. The molecule has 0 aliphatic rings. The topological polar surface area (TPSA) is 74.8 Å². The van der Waals surface area contributed by atoms with Gasteiger partial charge in [0.1, 0.15) is 11.4 Å². The number of aromatic nitrogens is 2. The van der Waals surface area contributed by atoms with E-state index in [2.05, 4.69) is 4.98 Å². The zero-order valence-corrected chi connectivity index (χ0v) is 13.6. The van der Waals surface area contributed by atoms with Gasteiger partial charge in [-0.15, -0.1) is 0 Å². The number of halogens is 2. The Morgan fingerprint density at radius 3 is 2.74 bits per heavy atom. The fraction of sp³-hybridized carbons (Fsp3) is 0.125. The molecule has 3 aromatic rings. The first kappa shape index (κ1) is 15.6. The lowest BCUT2D eigenvalue weighted by molar-refractivity contribution is -0.136. The number of hydrogen-bond acceptors (Lipinski definition) is 3. The van der Waals surface area contributed by atoms with Crippen LogP contribution in [0.3, 0.4) is 0 Å². The highest BCUT2D eigenvalue weighted by Gasteiger charge is 2.16. The number of carboxylic acids is 1. The molecule has 0 unspecified atom stereocenters. The van der Waals surface area contributed by atoms with Crippen LogP contribution in [0.5, 0.6) is 5.75 Å². The van der Waals surface area contributed by atoms with Crippen LogP contribution in [0.2, 0.25) is 10.0 Å². The van der Waals surface area contributed by atoms with Gasteiger partial charge >= 0.3 is 5.97 Å². The van der Waals surface area contributed by atoms with Crippen molar-refractivity contribution in [1.82, 2.24) is 9.38 Å². The highest BCUT2D eigenvalue weighted by molar-refractivity contribution is 6.44. The summed E-state index contributed by atoms with van der Waals surface area (Å²) >= 11 is 12.2. The third-order valence-electron chi connectivity index (χ3n) is 3.64. The van der Waals surface area contributed by atoms with Crippen LogP contribution in [0.15, 0.2) is 30.5 Å². The largest absolute Gasteiger partial charge is 0.507 e. The van der Waals surface area contributed by atoms with Crippen LogP contribution < -0.4 is 0 Å². The van der Waals surface area contributed by atoms with Crippen LogP contribution >= 0.6 is 23.2 Å². The molecule has 0 saturated heterocycles. The van der Waals surface area contributed by atoms with E-state index in [4.69, 9.17) is 28.3 Å². The third-order valence-corrected chi connectivity index (χ3v) is 4.45. The third kappa shape index (κ3) is 2.73. The van der Waals surface area contributed by atoms with Crippen LogP contribution in [-0.2, 0) is 11.2 Å². The number of aromatic hydroxyl groups is 1. The Balaban J connectivity index is 2.18. The van der Waals surface area contributed by atoms with Crippen LogP contribution in [0.4, 0.5) is 0 Å². The maximum Gasteiger partial charge on any atom is 0.309 e. The minimum Gasteiger partial charge on any atom is -0.507 e. The summed E-state index contributed by atoms with van der Waals surface area (Å²) in [7, 11) is 0. The normalized spacial score (nSPS) is 11.1. The van der Waals surface area contributed by atoms with Gasteiger partial charge < -0.3 is 14.6 Å². The van der Waals surface area contributed by atoms with Crippen LogP contribution in [0.25, 0.3) is 16.8 Å². The molecule has 0 bridgehead atoms. The monoisotopic (exact) mass is 350 g/mol. The molecule has 0 saturated carbocycles. The standard InChI is InChI=1S/C16H12Cl2N2O3/c1-8-11(7-14(22)23)19-13-6-9(4-5-20(8)13)15-12(21)3-2-10(17)16(15)18/h2-6,21H,7H2,1H3,(H,22,23). The summed E-state index contributed by atoms with van der Waals surface area (Å²) in [6.07, 6.45) is 1.61. The molecule has 2 aromatic heterocycles. The molecule has 2 N–H and O–H groups in total. The molecule has 0 spiro atoms. The van der Waals surface area contributed by atoms with Crippen LogP contribution in [0, 0.1) is 6.92 Å². The van der Waals surface area contributed by atoms with E-state index in [0.717, 1.165) is 5.69 Å². The van der Waals surface area contributed by atoms with Gasteiger partial charge in [0.25, 0.3) is 0 Å². The molecule has 0 fully saturated rings. The number of benzene rings is 1. The Labute approximate surface area is 141 Å². The second-order valence-electron chi connectivity index (χ2n) is 5.11. The van der Waals surface area contributed by atoms with Crippen molar-refractivity contribution in [3.63, 3.8) is 0 Å². The number of nitrogens with zero attached hydrogens (tertiary/aromatic N) is 2. The Kier molecular flexibility index (Phi) is 3.92. The zero-order valence-electron chi connectivity index (χ0n) is 12.0. The van der Waals surface area contributed by atoms with Gasteiger partial charge in [-0.2, -0.15) is 0 Å². The number of imidazole rings is 1. The van der Waals surface area contributed by atoms with E-state index >= 15 is 0 Å². The van der Waals surface area contributed by atoms with Crippen molar-refractivity contribution >= 4 is 34.8 Å². The van der Waals surface area contributed by atoms with Crippen LogP contribution in [-0.4, -0.2) is 25.6 Å². The summed E-state index contributed by atoms with van der Waals surface area (Å²) in [5.74, 6) is -0.926. The van der Waals surface area contributed by atoms with E-state index in [1.54, 1.807) is 22.7 Å². The van der Waals surface area contributed by atoms with Gasteiger partial charge in [0.2, 0.25) is 0 Å². The summed E-state index contributed by atoms with van der Waals surface area (Å²) in [6.45, 7) is 1.81. The molecule has 0 amide bonds. The zero-order chi connectivity index (χ0) is 16.7. The number of rotatable bonds is 3. The number of hydrogen-bond donors (Lipinski definition) is 2. The predicted octanol–water partition coefficient (Wildman–Crippen LogP) is 3.95.